The summed E-state index contributed by atoms with van der Waals surface area (Å²) >= 11 is 0. The third-order valence-electron chi connectivity index (χ3n) is 21.6. The summed E-state index contributed by atoms with van der Waals surface area (Å²) < 4.78 is 68.9. The minimum absolute atomic E-state index is 0.109. The molecule has 0 aliphatic heterocycles. The fraction of sp³-hybridized carbons (Fsp3) is 0.956. The maximum atomic E-state index is 13.2. The first kappa shape index (κ1) is 107. The van der Waals surface area contributed by atoms with Gasteiger partial charge in [-0.2, -0.15) is 0 Å². The van der Waals surface area contributed by atoms with Crippen LogP contribution in [-0.4, -0.2) is 96.7 Å². The number of phosphoric acid groups is 2. The number of esters is 4. The minimum Gasteiger partial charge on any atom is -0.462 e. The summed E-state index contributed by atoms with van der Waals surface area (Å²) in [5.41, 5.74) is 0. The number of unbranched alkanes of at least 4 members (excludes halogenated alkanes) is 61. The highest BCUT2D eigenvalue weighted by Crippen LogP contribution is 2.45. The average Bonchev–Trinajstić information content (AvgIpc) is 0.907. The van der Waals surface area contributed by atoms with Crippen molar-refractivity contribution in [1.82, 2.24) is 0 Å². The minimum atomic E-state index is -4.97. The van der Waals surface area contributed by atoms with Crippen LogP contribution in [0.3, 0.4) is 0 Å². The van der Waals surface area contributed by atoms with Crippen LogP contribution in [-0.2, 0) is 65.4 Å². The van der Waals surface area contributed by atoms with E-state index in [-0.39, 0.29) is 25.7 Å². The Morgan fingerprint density at radius 2 is 0.440 bits per heavy atom. The van der Waals surface area contributed by atoms with Crippen LogP contribution in [0.2, 0.25) is 0 Å². The molecule has 0 amide bonds. The number of carbonyl (C=O) groups excluding carboxylic acids is 4. The van der Waals surface area contributed by atoms with Crippen LogP contribution < -0.4 is 0 Å². The van der Waals surface area contributed by atoms with E-state index in [1.165, 1.54) is 302 Å². The van der Waals surface area contributed by atoms with Crippen LogP contribution in [0.1, 0.15) is 490 Å². The van der Waals surface area contributed by atoms with Crippen LogP contribution in [0, 0.1) is 5.92 Å². The molecular formula is C90H176O17P2. The zero-order valence-electron chi connectivity index (χ0n) is 71.7. The summed E-state index contributed by atoms with van der Waals surface area (Å²) in [7, 11) is -9.93. The van der Waals surface area contributed by atoms with Gasteiger partial charge in [0.25, 0.3) is 0 Å². The Bertz CT molecular complexity index is 2070. The first-order chi connectivity index (χ1) is 53.1. The molecule has 0 aliphatic carbocycles. The zero-order chi connectivity index (χ0) is 79.7. The number of rotatable bonds is 90. The summed E-state index contributed by atoms with van der Waals surface area (Å²) in [6.45, 7) is 7.41. The number of hydrogen-bond acceptors (Lipinski definition) is 15. The van der Waals surface area contributed by atoms with Crippen LogP contribution in [0.4, 0.5) is 0 Å². The van der Waals surface area contributed by atoms with Gasteiger partial charge in [-0.1, -0.05) is 439 Å². The van der Waals surface area contributed by atoms with Crippen molar-refractivity contribution < 1.29 is 80.2 Å². The number of aliphatic hydroxyl groups is 1. The molecule has 109 heavy (non-hydrogen) atoms. The zero-order valence-corrected chi connectivity index (χ0v) is 73.5. The van der Waals surface area contributed by atoms with Gasteiger partial charge in [-0.3, -0.25) is 37.3 Å². The Hall–Kier alpha value is -1.94. The van der Waals surface area contributed by atoms with Crippen LogP contribution >= 0.6 is 15.6 Å². The van der Waals surface area contributed by atoms with E-state index in [9.17, 15) is 43.2 Å². The largest absolute Gasteiger partial charge is 0.472 e. The highest BCUT2D eigenvalue weighted by molar-refractivity contribution is 7.47. The van der Waals surface area contributed by atoms with E-state index in [0.29, 0.717) is 25.7 Å². The Morgan fingerprint density at radius 3 is 0.651 bits per heavy atom. The molecule has 0 rings (SSSR count). The fourth-order valence-electron chi connectivity index (χ4n) is 14.1. The van der Waals surface area contributed by atoms with E-state index >= 15 is 0 Å². The van der Waals surface area contributed by atoms with Crippen molar-refractivity contribution in [2.45, 2.75) is 509 Å². The Balaban J connectivity index is 5.14. The van der Waals surface area contributed by atoms with Crippen LogP contribution in [0.25, 0.3) is 0 Å². The van der Waals surface area contributed by atoms with Gasteiger partial charge < -0.3 is 33.8 Å². The molecule has 6 atom stereocenters. The molecule has 3 N–H and O–H groups in total. The first-order valence-corrected chi connectivity index (χ1v) is 49.7. The first-order valence-electron chi connectivity index (χ1n) is 46.7. The molecule has 0 spiro atoms. The molecule has 0 aliphatic rings. The second kappa shape index (κ2) is 82.6. The summed E-state index contributed by atoms with van der Waals surface area (Å²) in [6, 6.07) is 0. The van der Waals surface area contributed by atoms with Gasteiger partial charge in [0.05, 0.1) is 26.4 Å². The van der Waals surface area contributed by atoms with Gasteiger partial charge in [-0.05, 0) is 31.6 Å². The van der Waals surface area contributed by atoms with Crippen molar-refractivity contribution in [3.8, 4) is 0 Å². The van der Waals surface area contributed by atoms with Crippen LogP contribution in [0.5, 0.6) is 0 Å². The predicted molar refractivity (Wildman–Crippen MR) is 451 cm³/mol. The molecule has 0 aromatic carbocycles. The number of aliphatic hydroxyl groups excluding tert-OH is 1. The lowest BCUT2D eigenvalue weighted by molar-refractivity contribution is -0.161. The van der Waals surface area contributed by atoms with E-state index < -0.39 is 97.5 Å². The molecule has 648 valence electrons. The highest BCUT2D eigenvalue weighted by Gasteiger charge is 2.31. The SMILES string of the molecule is CCCCCCCCCCCCCCCCCCCCCCCC(=O)OC[C@H](COP(=O)(O)OC[C@@H](O)COP(=O)(O)OC[C@@H](COC(=O)CCCCCCCCC)OC(=O)CCCCCCCCCCCCCCCCCCCCC)OC(=O)CCCCCCCCCCCCCCCCCCCCC(C)CC. The van der Waals surface area contributed by atoms with Crippen molar-refractivity contribution in [3.05, 3.63) is 0 Å². The molecule has 0 saturated carbocycles. The monoisotopic (exact) mass is 1590 g/mol. The molecule has 3 unspecified atom stereocenters. The molecule has 19 heteroatoms. The Kier molecular flexibility index (Phi) is 81.1. The molecule has 0 bridgehead atoms. The van der Waals surface area contributed by atoms with Crippen molar-refractivity contribution in [2.24, 2.45) is 5.92 Å². The van der Waals surface area contributed by atoms with Gasteiger partial charge >= 0.3 is 39.5 Å². The van der Waals surface area contributed by atoms with Gasteiger partial charge in [0, 0.05) is 25.7 Å². The number of hydrogen-bond donors (Lipinski definition) is 3. The van der Waals surface area contributed by atoms with Crippen LogP contribution in [0.15, 0.2) is 0 Å². The Labute approximate surface area is 670 Å². The standard InChI is InChI=1S/C90H176O17P2/c1-6-10-13-16-19-21-23-25-27-29-31-32-34-38-42-46-50-54-59-64-69-74-88(93)101-80-86(107-90(95)76-71-66-61-56-52-48-44-40-36-35-37-41-45-49-53-58-62-67-72-83(5)9-4)82-105-109(98,99)103-78-84(91)77-102-108(96,97)104-81-85(79-100-87(92)73-68-63-57-18-15-12-8-3)106-89(94)75-70-65-60-55-51-47-43-39-33-30-28-26-24-22-20-17-14-11-7-2/h83-86,91H,6-82H2,1-5H3,(H,96,97)(H,98,99)/t83?,84-,85+,86+/m0/s1. The normalized spacial score (nSPS) is 13.9. The maximum absolute atomic E-state index is 13.2. The number of carbonyl (C=O) groups is 4. The lowest BCUT2D eigenvalue weighted by Gasteiger charge is -2.21. The van der Waals surface area contributed by atoms with E-state index in [1.807, 2.05) is 0 Å². The van der Waals surface area contributed by atoms with Crippen molar-refractivity contribution in [1.29, 1.82) is 0 Å². The third kappa shape index (κ3) is 82.4. The Morgan fingerprint density at radius 1 is 0.257 bits per heavy atom. The molecule has 0 fully saturated rings. The van der Waals surface area contributed by atoms with E-state index in [4.69, 9.17) is 37.0 Å². The highest BCUT2D eigenvalue weighted by atomic mass is 31.2. The summed E-state index contributed by atoms with van der Waals surface area (Å²) in [5.74, 6) is -1.23. The summed E-state index contributed by atoms with van der Waals surface area (Å²) in [4.78, 5) is 73.2. The smallest absolute Gasteiger partial charge is 0.462 e. The van der Waals surface area contributed by atoms with Crippen molar-refractivity contribution in [2.75, 3.05) is 39.6 Å². The van der Waals surface area contributed by atoms with Gasteiger partial charge in [0.1, 0.15) is 19.3 Å². The predicted octanol–water partition coefficient (Wildman–Crippen LogP) is 27.9. The lowest BCUT2D eigenvalue weighted by atomic mass is 9.99. The van der Waals surface area contributed by atoms with Gasteiger partial charge in [0.2, 0.25) is 0 Å². The van der Waals surface area contributed by atoms with E-state index in [0.717, 1.165) is 109 Å². The third-order valence-corrected chi connectivity index (χ3v) is 23.5. The topological polar surface area (TPSA) is 237 Å². The second-order valence-corrected chi connectivity index (χ2v) is 35.5. The van der Waals surface area contributed by atoms with Gasteiger partial charge in [0.15, 0.2) is 12.2 Å². The summed E-state index contributed by atoms with van der Waals surface area (Å²) in [5, 5.41) is 10.7. The van der Waals surface area contributed by atoms with E-state index in [2.05, 4.69) is 34.6 Å². The molecule has 0 saturated heterocycles. The van der Waals surface area contributed by atoms with Gasteiger partial charge in [-0.25, -0.2) is 9.13 Å². The number of phosphoric ester groups is 2. The fourth-order valence-corrected chi connectivity index (χ4v) is 15.7. The molecule has 0 heterocycles. The second-order valence-electron chi connectivity index (χ2n) is 32.6. The maximum Gasteiger partial charge on any atom is 0.472 e. The molecule has 0 aromatic rings. The van der Waals surface area contributed by atoms with Gasteiger partial charge in [-0.15, -0.1) is 0 Å². The average molecular weight is 1590 g/mol. The quantitative estimate of drug-likeness (QED) is 0.0222. The van der Waals surface area contributed by atoms with Crippen molar-refractivity contribution in [3.63, 3.8) is 0 Å². The molecule has 0 aromatic heterocycles. The van der Waals surface area contributed by atoms with Crippen molar-refractivity contribution >= 4 is 39.5 Å². The molecule has 0 radical (unpaired) electrons. The molecule has 17 nitrogen and oxygen atoms in total. The number of ether oxygens (including phenoxy) is 4. The molecular weight excluding hydrogens is 1410 g/mol. The lowest BCUT2D eigenvalue weighted by Crippen LogP contribution is -2.30. The van der Waals surface area contributed by atoms with E-state index in [1.54, 1.807) is 0 Å². The summed E-state index contributed by atoms with van der Waals surface area (Å²) in [6.07, 6.45) is 78.1.